The fourth-order valence-electron chi connectivity index (χ4n) is 2.21. The van der Waals surface area contributed by atoms with E-state index >= 15 is 0 Å². The lowest BCUT2D eigenvalue weighted by molar-refractivity contribution is -0.678. The number of anilines is 1. The Morgan fingerprint density at radius 1 is 1.36 bits per heavy atom. The van der Waals surface area contributed by atoms with Crippen LogP contribution in [0.2, 0.25) is 0 Å². The second-order valence-corrected chi connectivity index (χ2v) is 4.97. The average molecular weight is 306 g/mol. The number of carbonyl (C=O) groups is 3. The molecule has 1 aromatic rings. The summed E-state index contributed by atoms with van der Waals surface area (Å²) < 4.78 is 4.89. The van der Waals surface area contributed by atoms with Crippen LogP contribution in [0.4, 0.5) is 5.69 Å². The molecule has 1 aliphatic heterocycles. The van der Waals surface area contributed by atoms with E-state index in [4.69, 9.17) is 4.74 Å². The van der Waals surface area contributed by atoms with Gasteiger partial charge in [-0.05, 0) is 31.2 Å². The minimum Gasteiger partial charge on any atom is -0.462 e. The molecule has 0 unspecified atom stereocenters. The zero-order chi connectivity index (χ0) is 15.9. The number of hydrogen-bond donors (Lipinski definition) is 3. The lowest BCUT2D eigenvalue weighted by Crippen LogP contribution is -2.96. The molecular weight excluding hydrogens is 286 g/mol. The van der Waals surface area contributed by atoms with Gasteiger partial charge < -0.3 is 20.7 Å². The smallest absolute Gasteiger partial charge is 0.338 e. The highest BCUT2D eigenvalue weighted by Gasteiger charge is 2.27. The fraction of sp³-hybridized carbons (Fsp3) is 0.400. The lowest BCUT2D eigenvalue weighted by Gasteiger charge is -2.19. The van der Waals surface area contributed by atoms with Crippen LogP contribution >= 0.6 is 0 Å². The van der Waals surface area contributed by atoms with E-state index in [9.17, 15) is 14.4 Å². The third-order valence-corrected chi connectivity index (χ3v) is 3.32. The Labute approximate surface area is 128 Å². The van der Waals surface area contributed by atoms with Crippen LogP contribution < -0.4 is 16.0 Å². The van der Waals surface area contributed by atoms with Gasteiger partial charge in [-0.1, -0.05) is 0 Å². The number of nitrogens with two attached hydrogens (primary N) is 1. The van der Waals surface area contributed by atoms with E-state index in [0.717, 1.165) is 6.54 Å². The van der Waals surface area contributed by atoms with Crippen LogP contribution in [0, 0.1) is 0 Å². The first-order valence-corrected chi connectivity index (χ1v) is 7.28. The van der Waals surface area contributed by atoms with E-state index in [0.29, 0.717) is 24.4 Å². The third kappa shape index (κ3) is 4.29. The van der Waals surface area contributed by atoms with Crippen LogP contribution in [0.25, 0.3) is 0 Å². The van der Waals surface area contributed by atoms with Crippen LogP contribution in [0.15, 0.2) is 24.3 Å². The number of quaternary nitrogens is 1. The Morgan fingerprint density at radius 3 is 2.73 bits per heavy atom. The molecule has 0 saturated carbocycles. The largest absolute Gasteiger partial charge is 0.462 e. The predicted molar refractivity (Wildman–Crippen MR) is 79.2 cm³/mol. The van der Waals surface area contributed by atoms with Gasteiger partial charge in [0.25, 0.3) is 5.91 Å². The maximum atomic E-state index is 11.9. The number of amides is 2. The maximum Gasteiger partial charge on any atom is 0.338 e. The van der Waals surface area contributed by atoms with E-state index in [1.54, 1.807) is 31.2 Å². The highest BCUT2D eigenvalue weighted by molar-refractivity contribution is 5.95. The Hall–Kier alpha value is -2.41. The standard InChI is InChI=1S/C15H19N3O4/c1-2-22-15(21)10-3-5-11(6-4-10)18-13(19)9-12-14(20)17-8-7-16-12/h3-6,12,16H,2,7-9H2,1H3,(H,17,20)(H,18,19)/p+1/t12-/m0/s1. The summed E-state index contributed by atoms with van der Waals surface area (Å²) in [6.45, 7) is 3.46. The molecule has 1 saturated heterocycles. The van der Waals surface area contributed by atoms with E-state index in [1.165, 1.54) is 0 Å². The quantitative estimate of drug-likeness (QED) is 0.623. The molecule has 0 bridgehead atoms. The molecule has 0 radical (unpaired) electrons. The maximum absolute atomic E-state index is 11.9. The number of nitrogens with one attached hydrogen (secondary N) is 2. The normalized spacial score (nSPS) is 17.5. The topological polar surface area (TPSA) is 101 Å². The first kappa shape index (κ1) is 16.0. The van der Waals surface area contributed by atoms with Gasteiger partial charge in [-0.25, -0.2) is 4.79 Å². The highest BCUT2D eigenvalue weighted by Crippen LogP contribution is 2.11. The van der Waals surface area contributed by atoms with Crippen LogP contribution in [0.1, 0.15) is 23.7 Å². The average Bonchev–Trinajstić information content (AvgIpc) is 2.50. The molecule has 1 fully saturated rings. The molecule has 0 aliphatic carbocycles. The van der Waals surface area contributed by atoms with Gasteiger partial charge in [-0.3, -0.25) is 9.59 Å². The number of carbonyl (C=O) groups excluding carboxylic acids is 3. The zero-order valence-electron chi connectivity index (χ0n) is 12.4. The minimum atomic E-state index is -0.395. The van der Waals surface area contributed by atoms with Crippen molar-refractivity contribution in [2.75, 3.05) is 25.0 Å². The van der Waals surface area contributed by atoms with Crippen LogP contribution in [-0.4, -0.2) is 43.5 Å². The lowest BCUT2D eigenvalue weighted by atomic mass is 10.1. The van der Waals surface area contributed by atoms with Crippen molar-refractivity contribution >= 4 is 23.5 Å². The summed E-state index contributed by atoms with van der Waals surface area (Å²) in [5, 5.41) is 7.31. The van der Waals surface area contributed by atoms with Crippen LogP contribution in [0.3, 0.4) is 0 Å². The van der Waals surface area contributed by atoms with Crippen molar-refractivity contribution in [2.45, 2.75) is 19.4 Å². The number of rotatable bonds is 5. The molecule has 118 valence electrons. The number of benzene rings is 1. The molecule has 1 aromatic carbocycles. The van der Waals surface area contributed by atoms with Crippen LogP contribution in [0.5, 0.6) is 0 Å². The number of hydrogen-bond acceptors (Lipinski definition) is 4. The highest BCUT2D eigenvalue weighted by atomic mass is 16.5. The van der Waals surface area contributed by atoms with Crippen molar-refractivity contribution in [3.63, 3.8) is 0 Å². The van der Waals surface area contributed by atoms with Gasteiger partial charge in [0.1, 0.15) is 0 Å². The summed E-state index contributed by atoms with van der Waals surface area (Å²) in [5.41, 5.74) is 1.01. The molecule has 4 N–H and O–H groups in total. The Kier molecular flexibility index (Phi) is 5.48. The molecule has 1 heterocycles. The number of piperazine rings is 1. The van der Waals surface area contributed by atoms with Gasteiger partial charge in [0.15, 0.2) is 6.04 Å². The summed E-state index contributed by atoms with van der Waals surface area (Å²) in [7, 11) is 0. The van der Waals surface area contributed by atoms with Crippen molar-refractivity contribution < 1.29 is 24.4 Å². The minimum absolute atomic E-state index is 0.112. The van der Waals surface area contributed by atoms with Crippen molar-refractivity contribution in [3.8, 4) is 0 Å². The van der Waals surface area contributed by atoms with Gasteiger partial charge in [-0.2, -0.15) is 0 Å². The van der Waals surface area contributed by atoms with Gasteiger partial charge in [0.05, 0.1) is 31.7 Å². The summed E-state index contributed by atoms with van der Waals surface area (Å²) in [6.07, 6.45) is 0.117. The SMILES string of the molecule is CCOC(=O)c1ccc(NC(=O)C[C@@H]2[NH2+]CCNC2=O)cc1. The van der Waals surface area contributed by atoms with Gasteiger partial charge in [0.2, 0.25) is 5.91 Å². The van der Waals surface area contributed by atoms with E-state index in [2.05, 4.69) is 10.6 Å². The van der Waals surface area contributed by atoms with Crippen molar-refractivity contribution in [1.29, 1.82) is 0 Å². The molecule has 7 heteroatoms. The molecule has 0 spiro atoms. The Morgan fingerprint density at radius 2 is 2.09 bits per heavy atom. The second kappa shape index (κ2) is 7.56. The van der Waals surface area contributed by atoms with E-state index in [1.807, 2.05) is 5.32 Å². The third-order valence-electron chi connectivity index (χ3n) is 3.32. The molecule has 2 amide bonds. The first-order chi connectivity index (χ1) is 10.6. The Balaban J connectivity index is 1.88. The fourth-order valence-corrected chi connectivity index (χ4v) is 2.21. The van der Waals surface area contributed by atoms with E-state index < -0.39 is 5.97 Å². The molecule has 2 rings (SSSR count). The van der Waals surface area contributed by atoms with Crippen molar-refractivity contribution in [1.82, 2.24) is 5.32 Å². The molecular formula is C15H20N3O4+. The predicted octanol–water partition coefficient (Wildman–Crippen LogP) is -0.746. The summed E-state index contributed by atoms with van der Waals surface area (Å²) in [4.78, 5) is 35.1. The Bertz CT molecular complexity index is 556. The van der Waals surface area contributed by atoms with Crippen molar-refractivity contribution in [3.05, 3.63) is 29.8 Å². The van der Waals surface area contributed by atoms with Crippen LogP contribution in [-0.2, 0) is 14.3 Å². The molecule has 7 nitrogen and oxygen atoms in total. The number of ether oxygens (including phenoxy) is 1. The van der Waals surface area contributed by atoms with Crippen molar-refractivity contribution in [2.24, 2.45) is 0 Å². The second-order valence-electron chi connectivity index (χ2n) is 4.97. The molecule has 1 aliphatic rings. The molecule has 0 aromatic heterocycles. The monoisotopic (exact) mass is 306 g/mol. The van der Waals surface area contributed by atoms with Gasteiger partial charge in [-0.15, -0.1) is 0 Å². The van der Waals surface area contributed by atoms with Gasteiger partial charge in [0, 0.05) is 5.69 Å². The summed E-state index contributed by atoms with van der Waals surface area (Å²) >= 11 is 0. The van der Waals surface area contributed by atoms with Gasteiger partial charge >= 0.3 is 5.97 Å². The summed E-state index contributed by atoms with van der Waals surface area (Å²) in [5.74, 6) is -0.741. The molecule has 1 atom stereocenters. The van der Waals surface area contributed by atoms with E-state index in [-0.39, 0.29) is 24.3 Å². The summed E-state index contributed by atoms with van der Waals surface area (Å²) in [6, 6.07) is 6.07. The number of esters is 1. The first-order valence-electron chi connectivity index (χ1n) is 7.28. The zero-order valence-corrected chi connectivity index (χ0v) is 12.4. The molecule has 22 heavy (non-hydrogen) atoms.